The number of carbonyl (C=O) groups is 1. The van der Waals surface area contributed by atoms with Gasteiger partial charge in [0.15, 0.2) is 0 Å². The van der Waals surface area contributed by atoms with Crippen LogP contribution in [0.3, 0.4) is 0 Å². The van der Waals surface area contributed by atoms with E-state index in [4.69, 9.17) is 16.3 Å². The first-order chi connectivity index (χ1) is 13.8. The van der Waals surface area contributed by atoms with Crippen molar-refractivity contribution in [3.63, 3.8) is 0 Å². The van der Waals surface area contributed by atoms with Gasteiger partial charge in [0.05, 0.1) is 34.7 Å². The van der Waals surface area contributed by atoms with Crippen LogP contribution < -0.4 is 5.32 Å². The number of benzene rings is 1. The van der Waals surface area contributed by atoms with Crippen molar-refractivity contribution >= 4 is 38.9 Å². The van der Waals surface area contributed by atoms with Crippen molar-refractivity contribution in [2.75, 3.05) is 46.9 Å². The molecule has 2 heterocycles. The van der Waals surface area contributed by atoms with Crippen molar-refractivity contribution in [2.24, 2.45) is 0 Å². The van der Waals surface area contributed by atoms with E-state index >= 15 is 0 Å². The minimum atomic E-state index is -3.71. The average molecular weight is 458 g/mol. The maximum Gasteiger partial charge on any atom is 0.252 e. The van der Waals surface area contributed by atoms with Crippen LogP contribution in [0.5, 0.6) is 0 Å². The maximum absolute atomic E-state index is 12.9. The number of halogens is 1. The van der Waals surface area contributed by atoms with Crippen LogP contribution in [0, 0.1) is 0 Å². The molecular weight excluding hydrogens is 434 g/mol. The SMILES string of the molecule is CN(C)[C@H](CNC(=O)c1cc(S(=O)(=O)N2CCOCC2)ccc1Cl)c1cccs1. The zero-order chi connectivity index (χ0) is 21.0. The minimum absolute atomic E-state index is 0.0120. The zero-order valence-electron chi connectivity index (χ0n) is 16.3. The standard InChI is InChI=1S/C19H24ClN3O4S2/c1-22(2)17(18-4-3-11-28-18)13-21-19(24)15-12-14(5-6-16(15)20)29(25,26)23-7-9-27-10-8-23/h3-6,11-12,17H,7-10,13H2,1-2H3,(H,21,24)/t17-/m1/s1. The van der Waals surface area contributed by atoms with E-state index in [0.717, 1.165) is 4.88 Å². The zero-order valence-corrected chi connectivity index (χ0v) is 18.7. The van der Waals surface area contributed by atoms with E-state index in [1.165, 1.54) is 22.5 Å². The van der Waals surface area contributed by atoms with Crippen LogP contribution in [0.25, 0.3) is 0 Å². The number of sulfonamides is 1. The molecule has 1 aliphatic heterocycles. The average Bonchev–Trinajstić information content (AvgIpc) is 3.23. The molecule has 1 aliphatic rings. The number of amides is 1. The summed E-state index contributed by atoms with van der Waals surface area (Å²) in [4.78, 5) is 16.0. The van der Waals surface area contributed by atoms with Crippen molar-refractivity contribution in [1.29, 1.82) is 0 Å². The maximum atomic E-state index is 12.9. The minimum Gasteiger partial charge on any atom is -0.379 e. The lowest BCUT2D eigenvalue weighted by molar-refractivity contribution is 0.0730. The fourth-order valence-corrected chi connectivity index (χ4v) is 5.64. The Labute approximate surface area is 180 Å². The molecule has 2 aromatic rings. The molecule has 1 N–H and O–H groups in total. The van der Waals surface area contributed by atoms with Gasteiger partial charge in [-0.3, -0.25) is 4.79 Å². The Bertz CT molecular complexity index is 942. The van der Waals surface area contributed by atoms with Crippen LogP contribution in [0.15, 0.2) is 40.6 Å². The van der Waals surface area contributed by atoms with Crippen molar-refractivity contribution in [2.45, 2.75) is 10.9 Å². The summed E-state index contributed by atoms with van der Waals surface area (Å²) in [6.45, 7) is 1.67. The van der Waals surface area contributed by atoms with Crippen molar-refractivity contribution in [1.82, 2.24) is 14.5 Å². The van der Waals surface area contributed by atoms with Crippen molar-refractivity contribution < 1.29 is 17.9 Å². The molecule has 0 spiro atoms. The second-order valence-electron chi connectivity index (χ2n) is 6.86. The molecule has 1 saturated heterocycles. The van der Waals surface area contributed by atoms with Crippen LogP contribution in [0.1, 0.15) is 21.3 Å². The molecule has 29 heavy (non-hydrogen) atoms. The molecule has 0 unspecified atom stereocenters. The van der Waals surface area contributed by atoms with Gasteiger partial charge >= 0.3 is 0 Å². The third-order valence-electron chi connectivity index (χ3n) is 4.74. The topological polar surface area (TPSA) is 79.0 Å². The van der Waals surface area contributed by atoms with Crippen LogP contribution in [-0.2, 0) is 14.8 Å². The number of rotatable bonds is 7. The normalized spacial score (nSPS) is 16.7. The van der Waals surface area contributed by atoms with Crippen molar-refractivity contribution in [3.8, 4) is 0 Å². The smallest absolute Gasteiger partial charge is 0.252 e. The first-order valence-electron chi connectivity index (χ1n) is 9.16. The van der Waals surface area contributed by atoms with Gasteiger partial charge < -0.3 is 15.0 Å². The summed E-state index contributed by atoms with van der Waals surface area (Å²) in [5, 5.41) is 5.08. The Balaban J connectivity index is 1.77. The highest BCUT2D eigenvalue weighted by Crippen LogP contribution is 2.25. The molecule has 1 aromatic carbocycles. The molecule has 10 heteroatoms. The molecule has 1 aromatic heterocycles. The largest absolute Gasteiger partial charge is 0.379 e. The third-order valence-corrected chi connectivity index (χ3v) is 7.94. The molecule has 7 nitrogen and oxygen atoms in total. The van der Waals surface area contributed by atoms with E-state index < -0.39 is 15.9 Å². The quantitative estimate of drug-likeness (QED) is 0.690. The molecule has 1 atom stereocenters. The first-order valence-corrected chi connectivity index (χ1v) is 11.9. The summed E-state index contributed by atoms with van der Waals surface area (Å²) < 4.78 is 32.3. The van der Waals surface area contributed by atoms with Gasteiger partial charge in [-0.2, -0.15) is 4.31 Å². The fourth-order valence-electron chi connectivity index (χ4n) is 3.08. The molecular formula is C19H24ClN3O4S2. The van der Waals surface area contributed by atoms with Gasteiger partial charge in [0.1, 0.15) is 0 Å². The molecule has 0 bridgehead atoms. The highest BCUT2D eigenvalue weighted by molar-refractivity contribution is 7.89. The van der Waals surface area contributed by atoms with Crippen LogP contribution in [0.2, 0.25) is 5.02 Å². The number of nitrogens with zero attached hydrogens (tertiary/aromatic N) is 2. The molecule has 0 aliphatic carbocycles. The van der Waals surface area contributed by atoms with E-state index in [1.54, 1.807) is 11.3 Å². The molecule has 1 amide bonds. The van der Waals surface area contributed by atoms with Gasteiger partial charge in [0.2, 0.25) is 10.0 Å². The Kier molecular flexibility index (Phi) is 7.31. The van der Waals surface area contributed by atoms with E-state index in [9.17, 15) is 13.2 Å². The predicted molar refractivity (Wildman–Crippen MR) is 114 cm³/mol. The van der Waals surface area contributed by atoms with Gasteiger partial charge in [-0.05, 0) is 43.7 Å². The molecule has 0 saturated carbocycles. The van der Waals surface area contributed by atoms with E-state index in [2.05, 4.69) is 5.32 Å². The molecule has 0 radical (unpaired) electrons. The van der Waals surface area contributed by atoms with E-state index in [1.807, 2.05) is 36.5 Å². The van der Waals surface area contributed by atoms with Crippen molar-refractivity contribution in [3.05, 3.63) is 51.2 Å². The number of likely N-dealkylation sites (N-methyl/N-ethyl adjacent to an activating group) is 1. The summed E-state index contributed by atoms with van der Waals surface area (Å²) in [6, 6.07) is 8.22. The number of morpholine rings is 1. The Morgan fingerprint density at radius 3 is 2.66 bits per heavy atom. The second kappa shape index (κ2) is 9.55. The lowest BCUT2D eigenvalue weighted by Crippen LogP contribution is -2.40. The highest BCUT2D eigenvalue weighted by atomic mass is 35.5. The number of ether oxygens (including phenoxy) is 1. The van der Waals surface area contributed by atoms with Gasteiger partial charge in [-0.1, -0.05) is 17.7 Å². The number of hydrogen-bond acceptors (Lipinski definition) is 6. The summed E-state index contributed by atoms with van der Waals surface area (Å²) in [6.07, 6.45) is 0. The Morgan fingerprint density at radius 2 is 2.03 bits per heavy atom. The first kappa shape index (κ1) is 22.2. The highest BCUT2D eigenvalue weighted by Gasteiger charge is 2.28. The summed E-state index contributed by atoms with van der Waals surface area (Å²) in [7, 11) is 0.180. The molecule has 1 fully saturated rings. The number of thiophene rings is 1. The summed E-state index contributed by atoms with van der Waals surface area (Å²) in [5.74, 6) is -0.405. The van der Waals surface area contributed by atoms with Gasteiger partial charge in [-0.25, -0.2) is 8.42 Å². The number of nitrogens with one attached hydrogen (secondary N) is 1. The monoisotopic (exact) mass is 457 g/mol. The predicted octanol–water partition coefficient (Wildman–Crippen LogP) is 2.46. The second-order valence-corrected chi connectivity index (χ2v) is 10.2. The lowest BCUT2D eigenvalue weighted by Gasteiger charge is -2.26. The summed E-state index contributed by atoms with van der Waals surface area (Å²) >= 11 is 7.82. The Hall–Kier alpha value is -1.49. The fraction of sp³-hybridized carbons (Fsp3) is 0.421. The number of carbonyl (C=O) groups excluding carboxylic acids is 1. The van der Waals surface area contributed by atoms with Gasteiger partial charge in [-0.15, -0.1) is 11.3 Å². The number of hydrogen-bond donors (Lipinski definition) is 1. The van der Waals surface area contributed by atoms with Gasteiger partial charge in [0.25, 0.3) is 5.91 Å². The van der Waals surface area contributed by atoms with Gasteiger partial charge in [0, 0.05) is 24.5 Å². The Morgan fingerprint density at radius 1 is 1.31 bits per heavy atom. The van der Waals surface area contributed by atoms with E-state index in [0.29, 0.717) is 19.8 Å². The lowest BCUT2D eigenvalue weighted by atomic mass is 10.2. The van der Waals surface area contributed by atoms with E-state index in [-0.39, 0.29) is 34.6 Å². The van der Waals surface area contributed by atoms with Crippen LogP contribution >= 0.6 is 22.9 Å². The van der Waals surface area contributed by atoms with Crippen LogP contribution in [-0.4, -0.2) is 70.5 Å². The summed E-state index contributed by atoms with van der Waals surface area (Å²) in [5.41, 5.74) is 0.143. The third kappa shape index (κ3) is 5.17. The van der Waals surface area contributed by atoms with Crippen LogP contribution in [0.4, 0.5) is 0 Å². The molecule has 158 valence electrons. The molecule has 3 rings (SSSR count).